The summed E-state index contributed by atoms with van der Waals surface area (Å²) in [7, 11) is 1.62. The van der Waals surface area contributed by atoms with Crippen LogP contribution in [0.1, 0.15) is 62.1 Å². The van der Waals surface area contributed by atoms with Crippen LogP contribution >= 0.6 is 11.6 Å². The molecule has 2 saturated heterocycles. The van der Waals surface area contributed by atoms with Gasteiger partial charge in [0.05, 0.1) is 12.3 Å². The second-order valence-corrected chi connectivity index (χ2v) is 11.7. The highest BCUT2D eigenvalue weighted by molar-refractivity contribution is 6.30. The van der Waals surface area contributed by atoms with Gasteiger partial charge in [0.1, 0.15) is 11.6 Å². The Kier molecular flexibility index (Phi) is 8.24. The number of rotatable bonds is 5. The van der Waals surface area contributed by atoms with E-state index < -0.39 is 17.6 Å². The van der Waals surface area contributed by atoms with Crippen LogP contribution in [-0.4, -0.2) is 60.4 Å². The zero-order valence-corrected chi connectivity index (χ0v) is 22.7. The summed E-state index contributed by atoms with van der Waals surface area (Å²) in [6.07, 6.45) is 1.82. The highest BCUT2D eigenvalue weighted by atomic mass is 35.5. The Hall–Kier alpha value is -2.51. The predicted molar refractivity (Wildman–Crippen MR) is 142 cm³/mol. The lowest BCUT2D eigenvalue weighted by Gasteiger charge is -2.36. The molecular formula is C29H36ClF2N3O2. The van der Waals surface area contributed by atoms with Crippen LogP contribution in [0.4, 0.5) is 8.78 Å². The predicted octanol–water partition coefficient (Wildman–Crippen LogP) is 5.13. The summed E-state index contributed by atoms with van der Waals surface area (Å²) >= 11 is 6.21. The molecule has 0 radical (unpaired) electrons. The van der Waals surface area contributed by atoms with E-state index in [1.807, 2.05) is 23.1 Å². The van der Waals surface area contributed by atoms with E-state index in [0.29, 0.717) is 36.8 Å². The van der Waals surface area contributed by atoms with Gasteiger partial charge in [-0.05, 0) is 74.4 Å². The smallest absolute Gasteiger partial charge is 0.227 e. The van der Waals surface area contributed by atoms with Gasteiger partial charge in [-0.15, -0.1) is 0 Å². The van der Waals surface area contributed by atoms with Crippen molar-refractivity contribution in [2.75, 3.05) is 33.2 Å². The Morgan fingerprint density at radius 2 is 1.70 bits per heavy atom. The van der Waals surface area contributed by atoms with Crippen molar-refractivity contribution in [3.05, 3.63) is 69.7 Å². The number of likely N-dealkylation sites (tertiary alicyclic amines) is 2. The van der Waals surface area contributed by atoms with Crippen LogP contribution in [0.2, 0.25) is 5.02 Å². The lowest BCUT2D eigenvalue weighted by atomic mass is 9.84. The number of halogens is 3. The van der Waals surface area contributed by atoms with Gasteiger partial charge < -0.3 is 10.2 Å². The molecule has 2 aromatic carbocycles. The van der Waals surface area contributed by atoms with E-state index in [4.69, 9.17) is 11.6 Å². The quantitative estimate of drug-likeness (QED) is 0.582. The van der Waals surface area contributed by atoms with Crippen LogP contribution in [0.25, 0.3) is 0 Å². The van der Waals surface area contributed by atoms with Gasteiger partial charge in [0, 0.05) is 55.8 Å². The van der Waals surface area contributed by atoms with Gasteiger partial charge in [-0.1, -0.05) is 23.7 Å². The molecule has 2 heterocycles. The number of amides is 2. The molecule has 8 heteroatoms. The first-order valence-corrected chi connectivity index (χ1v) is 13.3. The summed E-state index contributed by atoms with van der Waals surface area (Å²) in [5.41, 5.74) is 2.25. The van der Waals surface area contributed by atoms with E-state index in [1.165, 1.54) is 12.1 Å². The Labute approximate surface area is 223 Å². The van der Waals surface area contributed by atoms with Crippen molar-refractivity contribution in [2.45, 2.75) is 57.4 Å². The number of nitrogens with one attached hydrogen (secondary N) is 1. The maximum atomic E-state index is 14.8. The maximum absolute atomic E-state index is 14.8. The monoisotopic (exact) mass is 531 g/mol. The fraction of sp³-hybridized carbons (Fsp3) is 0.517. The SMILES string of the molecule is CNC(=O)Cc1cc(Cl)ccc1C1CCN(C(=O)[C@@H]2CN(C(C)(C)C)CC2c2ccc(F)cc2F)CC1. The number of carbonyl (C=O) groups is 2. The van der Waals surface area contributed by atoms with Gasteiger partial charge in [-0.3, -0.25) is 14.5 Å². The fourth-order valence-corrected chi connectivity index (χ4v) is 5.95. The summed E-state index contributed by atoms with van der Waals surface area (Å²) in [5, 5.41) is 3.26. The number of benzene rings is 2. The minimum absolute atomic E-state index is 0.0283. The van der Waals surface area contributed by atoms with Crippen molar-refractivity contribution in [2.24, 2.45) is 5.92 Å². The molecule has 2 fully saturated rings. The Balaban J connectivity index is 1.51. The number of carbonyl (C=O) groups excluding carboxylic acids is 2. The minimum atomic E-state index is -0.616. The van der Waals surface area contributed by atoms with Gasteiger partial charge in [0.2, 0.25) is 11.8 Å². The van der Waals surface area contributed by atoms with E-state index in [-0.39, 0.29) is 35.6 Å². The average Bonchev–Trinajstić information content (AvgIpc) is 3.29. The number of hydrogen-bond donors (Lipinski definition) is 1. The molecule has 2 atom stereocenters. The first-order valence-electron chi connectivity index (χ1n) is 13.0. The first kappa shape index (κ1) is 27.5. The fourth-order valence-electron chi connectivity index (χ4n) is 5.75. The summed E-state index contributed by atoms with van der Waals surface area (Å²) < 4.78 is 28.4. The highest BCUT2D eigenvalue weighted by Crippen LogP contribution is 2.40. The van der Waals surface area contributed by atoms with Crippen molar-refractivity contribution in [3.8, 4) is 0 Å². The molecule has 2 aromatic rings. The van der Waals surface area contributed by atoms with Crippen molar-refractivity contribution in [3.63, 3.8) is 0 Å². The highest BCUT2D eigenvalue weighted by Gasteiger charge is 2.44. The van der Waals surface area contributed by atoms with Gasteiger partial charge in [0.15, 0.2) is 0 Å². The molecule has 0 bridgehead atoms. The van der Waals surface area contributed by atoms with Crippen LogP contribution in [0.3, 0.4) is 0 Å². The Bertz CT molecular complexity index is 1160. The van der Waals surface area contributed by atoms with Crippen LogP contribution in [0, 0.1) is 17.6 Å². The molecule has 2 aliphatic rings. The molecule has 1 N–H and O–H groups in total. The molecule has 0 saturated carbocycles. The topological polar surface area (TPSA) is 52.7 Å². The van der Waals surface area contributed by atoms with Crippen LogP contribution < -0.4 is 5.32 Å². The molecule has 200 valence electrons. The van der Waals surface area contributed by atoms with Gasteiger partial charge in [-0.25, -0.2) is 8.78 Å². The summed E-state index contributed by atoms with van der Waals surface area (Å²) in [5.74, 6) is -1.75. The third-order valence-corrected chi connectivity index (χ3v) is 8.16. The number of likely N-dealkylation sites (N-methyl/N-ethyl adjacent to an activating group) is 1. The minimum Gasteiger partial charge on any atom is -0.359 e. The molecule has 0 spiro atoms. The van der Waals surface area contributed by atoms with Crippen molar-refractivity contribution < 1.29 is 18.4 Å². The maximum Gasteiger partial charge on any atom is 0.227 e. The first-order chi connectivity index (χ1) is 17.5. The lowest BCUT2D eigenvalue weighted by Crippen LogP contribution is -2.44. The van der Waals surface area contributed by atoms with Crippen LogP contribution in [0.15, 0.2) is 36.4 Å². The van der Waals surface area contributed by atoms with Gasteiger partial charge >= 0.3 is 0 Å². The Morgan fingerprint density at radius 3 is 2.32 bits per heavy atom. The van der Waals surface area contributed by atoms with Gasteiger partial charge in [0.25, 0.3) is 0 Å². The van der Waals surface area contributed by atoms with E-state index in [2.05, 4.69) is 31.0 Å². The second-order valence-electron chi connectivity index (χ2n) is 11.2. The molecule has 37 heavy (non-hydrogen) atoms. The zero-order valence-electron chi connectivity index (χ0n) is 22.0. The molecule has 0 aliphatic carbocycles. The van der Waals surface area contributed by atoms with Gasteiger partial charge in [-0.2, -0.15) is 0 Å². The Morgan fingerprint density at radius 1 is 1.03 bits per heavy atom. The van der Waals surface area contributed by atoms with Crippen LogP contribution in [0.5, 0.6) is 0 Å². The molecule has 0 aromatic heterocycles. The van der Waals surface area contributed by atoms with Crippen molar-refractivity contribution in [1.82, 2.24) is 15.1 Å². The van der Waals surface area contributed by atoms with Crippen LogP contribution in [-0.2, 0) is 16.0 Å². The molecule has 2 aliphatic heterocycles. The summed E-state index contributed by atoms with van der Waals surface area (Å²) in [6.45, 7) is 8.54. The second kappa shape index (κ2) is 11.1. The number of nitrogens with zero attached hydrogens (tertiary/aromatic N) is 2. The average molecular weight is 532 g/mol. The van der Waals surface area contributed by atoms with E-state index in [9.17, 15) is 18.4 Å². The summed E-state index contributed by atoms with van der Waals surface area (Å²) in [4.78, 5) is 30.0. The zero-order chi connectivity index (χ0) is 26.9. The van der Waals surface area contributed by atoms with E-state index in [0.717, 1.165) is 30.0 Å². The van der Waals surface area contributed by atoms with Crippen molar-refractivity contribution >= 4 is 23.4 Å². The molecular weight excluding hydrogens is 496 g/mol. The third-order valence-electron chi connectivity index (χ3n) is 7.93. The molecule has 5 nitrogen and oxygen atoms in total. The standard InChI is InChI=1S/C29H36ClF2N3O2/c1-29(2,3)35-16-24(23-8-6-21(31)15-26(23)32)25(17-35)28(37)34-11-9-18(10-12-34)22-7-5-20(30)13-19(22)14-27(36)33-4/h5-8,13,15,18,24-25H,9-12,14,16-17H2,1-4H3,(H,33,36)/t24?,25-/m1/s1. The number of piperidine rings is 1. The third kappa shape index (κ3) is 6.15. The van der Waals surface area contributed by atoms with E-state index >= 15 is 0 Å². The normalized spacial score (nSPS) is 21.3. The largest absolute Gasteiger partial charge is 0.359 e. The van der Waals surface area contributed by atoms with E-state index in [1.54, 1.807) is 7.05 Å². The molecule has 2 amide bonds. The summed E-state index contributed by atoms with van der Waals surface area (Å²) in [6, 6.07) is 9.36. The number of hydrogen-bond acceptors (Lipinski definition) is 3. The molecule has 4 rings (SSSR count). The van der Waals surface area contributed by atoms with Crippen molar-refractivity contribution in [1.29, 1.82) is 0 Å². The lowest BCUT2D eigenvalue weighted by molar-refractivity contribution is -0.136. The molecule has 1 unspecified atom stereocenters.